The van der Waals surface area contributed by atoms with Crippen molar-refractivity contribution in [3.63, 3.8) is 0 Å². The highest BCUT2D eigenvalue weighted by Crippen LogP contribution is 2.36. The number of rotatable bonds is 6. The van der Waals surface area contributed by atoms with E-state index in [2.05, 4.69) is 5.32 Å². The Hall–Kier alpha value is -3.00. The van der Waals surface area contributed by atoms with E-state index < -0.39 is 10.8 Å². The van der Waals surface area contributed by atoms with Gasteiger partial charge in [-0.1, -0.05) is 35.9 Å². The number of halogens is 1. The van der Waals surface area contributed by atoms with Crippen LogP contribution in [-0.2, 0) is 22.1 Å². The SMILES string of the molecule is COCCNC(=O)c1ccc2c(c1)N(Cc1cccc(Cl)c1)C(=O)c1ccccc1[S@@]2=O. The summed E-state index contributed by atoms with van der Waals surface area (Å²) < 4.78 is 18.4. The smallest absolute Gasteiger partial charge is 0.259 e. The molecule has 1 aliphatic heterocycles. The van der Waals surface area contributed by atoms with Gasteiger partial charge in [-0.25, -0.2) is 4.21 Å². The molecule has 0 aromatic heterocycles. The quantitative estimate of drug-likeness (QED) is 0.554. The third kappa shape index (κ3) is 4.46. The van der Waals surface area contributed by atoms with Crippen molar-refractivity contribution in [2.24, 2.45) is 0 Å². The molecule has 0 radical (unpaired) electrons. The minimum Gasteiger partial charge on any atom is -0.383 e. The van der Waals surface area contributed by atoms with E-state index >= 15 is 0 Å². The molecule has 164 valence electrons. The second kappa shape index (κ2) is 9.65. The molecule has 0 bridgehead atoms. The molecule has 1 N–H and O–H groups in total. The maximum absolute atomic E-state index is 13.6. The minimum atomic E-state index is -1.58. The molecule has 6 nitrogen and oxygen atoms in total. The van der Waals surface area contributed by atoms with Crippen molar-refractivity contribution in [3.8, 4) is 0 Å². The van der Waals surface area contributed by atoms with Gasteiger partial charge >= 0.3 is 0 Å². The normalized spacial score (nSPS) is 15.0. The largest absolute Gasteiger partial charge is 0.383 e. The summed E-state index contributed by atoms with van der Waals surface area (Å²) >= 11 is 6.15. The van der Waals surface area contributed by atoms with E-state index in [1.165, 1.54) is 0 Å². The maximum atomic E-state index is 13.6. The number of fused-ring (bicyclic) bond motifs is 2. The number of carbonyl (C=O) groups is 2. The number of ether oxygens (including phenoxy) is 1. The van der Waals surface area contributed by atoms with Gasteiger partial charge in [-0.3, -0.25) is 9.59 Å². The zero-order valence-corrected chi connectivity index (χ0v) is 18.9. The van der Waals surface area contributed by atoms with Gasteiger partial charge in [-0.05, 0) is 48.0 Å². The molecule has 0 unspecified atom stereocenters. The summed E-state index contributed by atoms with van der Waals surface area (Å²) in [4.78, 5) is 28.7. The molecule has 2 amide bonds. The van der Waals surface area contributed by atoms with Crippen molar-refractivity contribution in [2.45, 2.75) is 16.3 Å². The van der Waals surface area contributed by atoms with Gasteiger partial charge in [0.05, 0.1) is 45.0 Å². The van der Waals surface area contributed by atoms with Gasteiger partial charge in [0.15, 0.2) is 0 Å². The molecule has 1 heterocycles. The van der Waals surface area contributed by atoms with Crippen LogP contribution >= 0.6 is 11.6 Å². The number of methoxy groups -OCH3 is 1. The zero-order valence-electron chi connectivity index (χ0n) is 17.3. The predicted molar refractivity (Wildman–Crippen MR) is 124 cm³/mol. The summed E-state index contributed by atoms with van der Waals surface area (Å²) in [6, 6.07) is 19.0. The Kier molecular flexibility index (Phi) is 6.69. The number of nitrogens with one attached hydrogen (secondary N) is 1. The van der Waals surface area contributed by atoms with E-state index in [0.29, 0.717) is 44.8 Å². The van der Waals surface area contributed by atoms with Gasteiger partial charge < -0.3 is 15.0 Å². The lowest BCUT2D eigenvalue weighted by Gasteiger charge is -2.23. The van der Waals surface area contributed by atoms with E-state index in [1.54, 1.807) is 66.6 Å². The standard InChI is InChI=1S/C24H21ClN2O4S/c1-31-12-11-26-23(28)17-9-10-22-20(14-17)27(15-16-5-4-6-18(25)13-16)24(29)19-7-2-3-8-21(19)32(22)30/h2-10,13-14H,11-12,15H2,1H3,(H,26,28)/t32-/m0/s1. The molecule has 0 spiro atoms. The number of carbonyl (C=O) groups excluding carboxylic acids is 2. The molecule has 1 atom stereocenters. The van der Waals surface area contributed by atoms with Crippen LogP contribution in [0.3, 0.4) is 0 Å². The minimum absolute atomic E-state index is 0.215. The fourth-order valence-corrected chi connectivity index (χ4v) is 5.11. The predicted octanol–water partition coefficient (Wildman–Crippen LogP) is 4.04. The second-order valence-electron chi connectivity index (χ2n) is 7.22. The summed E-state index contributed by atoms with van der Waals surface area (Å²) in [5.41, 5.74) is 1.99. The lowest BCUT2D eigenvalue weighted by atomic mass is 10.1. The molecular formula is C24H21ClN2O4S. The molecule has 8 heteroatoms. The fourth-order valence-electron chi connectivity index (χ4n) is 3.55. The number of amides is 2. The summed E-state index contributed by atoms with van der Waals surface area (Å²) in [6.07, 6.45) is 0. The highest BCUT2D eigenvalue weighted by molar-refractivity contribution is 7.85. The Balaban J connectivity index is 1.81. The highest BCUT2D eigenvalue weighted by Gasteiger charge is 2.31. The molecule has 32 heavy (non-hydrogen) atoms. The molecule has 3 aromatic carbocycles. The summed E-state index contributed by atoms with van der Waals surface area (Å²) in [7, 11) is -0.0234. The van der Waals surface area contributed by atoms with E-state index in [0.717, 1.165) is 5.56 Å². The highest BCUT2D eigenvalue weighted by atomic mass is 35.5. The van der Waals surface area contributed by atoms with E-state index in [-0.39, 0.29) is 18.4 Å². The van der Waals surface area contributed by atoms with E-state index in [9.17, 15) is 13.8 Å². The summed E-state index contributed by atoms with van der Waals surface area (Å²) in [5.74, 6) is -0.586. The van der Waals surface area contributed by atoms with Crippen LogP contribution in [0, 0.1) is 0 Å². The van der Waals surface area contributed by atoms with Gasteiger partial charge in [-0.2, -0.15) is 0 Å². The zero-order chi connectivity index (χ0) is 22.7. The lowest BCUT2D eigenvalue weighted by Crippen LogP contribution is -2.31. The Labute approximate surface area is 193 Å². The number of hydrogen-bond donors (Lipinski definition) is 1. The number of anilines is 1. The van der Waals surface area contributed by atoms with Crippen LogP contribution in [0.4, 0.5) is 5.69 Å². The Morgan fingerprint density at radius 3 is 2.66 bits per heavy atom. The Morgan fingerprint density at radius 2 is 1.88 bits per heavy atom. The van der Waals surface area contributed by atoms with Crippen molar-refractivity contribution in [1.29, 1.82) is 0 Å². The maximum Gasteiger partial charge on any atom is 0.259 e. The molecule has 1 aliphatic rings. The average Bonchev–Trinajstić information content (AvgIpc) is 2.89. The van der Waals surface area contributed by atoms with Gasteiger partial charge in [0.25, 0.3) is 11.8 Å². The van der Waals surface area contributed by atoms with E-state index in [4.69, 9.17) is 16.3 Å². The first-order valence-electron chi connectivity index (χ1n) is 9.98. The Morgan fingerprint density at radius 1 is 1.06 bits per heavy atom. The van der Waals surface area contributed by atoms with Crippen LogP contribution in [0.2, 0.25) is 5.02 Å². The van der Waals surface area contributed by atoms with E-state index in [1.807, 2.05) is 12.1 Å². The lowest BCUT2D eigenvalue weighted by molar-refractivity contribution is 0.0934. The van der Waals surface area contributed by atoms with Crippen molar-refractivity contribution in [2.75, 3.05) is 25.2 Å². The number of hydrogen-bond acceptors (Lipinski definition) is 4. The fraction of sp³-hybridized carbons (Fsp3) is 0.167. The van der Waals surface area contributed by atoms with Crippen molar-refractivity contribution < 1.29 is 18.5 Å². The molecular weight excluding hydrogens is 448 g/mol. The summed E-state index contributed by atoms with van der Waals surface area (Å²) in [5, 5.41) is 3.33. The van der Waals surface area contributed by atoms with Crippen LogP contribution in [0.15, 0.2) is 76.5 Å². The molecule has 4 rings (SSSR count). The first-order chi connectivity index (χ1) is 15.5. The van der Waals surface area contributed by atoms with Gasteiger partial charge in [0.2, 0.25) is 0 Å². The molecule has 0 saturated heterocycles. The van der Waals surface area contributed by atoms with Crippen LogP contribution in [-0.4, -0.2) is 36.3 Å². The third-order valence-corrected chi connectivity index (χ3v) is 6.83. The number of nitrogens with zero attached hydrogens (tertiary/aromatic N) is 1. The molecule has 0 fully saturated rings. The van der Waals surface area contributed by atoms with Gasteiger partial charge in [-0.15, -0.1) is 0 Å². The topological polar surface area (TPSA) is 75.7 Å². The second-order valence-corrected chi connectivity index (χ2v) is 9.07. The molecule has 0 saturated carbocycles. The first kappa shape index (κ1) is 22.2. The van der Waals surface area contributed by atoms with Crippen LogP contribution < -0.4 is 10.2 Å². The van der Waals surface area contributed by atoms with Crippen molar-refractivity contribution in [1.82, 2.24) is 5.32 Å². The third-order valence-electron chi connectivity index (χ3n) is 5.10. The van der Waals surface area contributed by atoms with Crippen molar-refractivity contribution >= 4 is 39.9 Å². The molecule has 3 aromatic rings. The van der Waals surface area contributed by atoms with Crippen LogP contribution in [0.25, 0.3) is 0 Å². The van der Waals surface area contributed by atoms with Crippen molar-refractivity contribution in [3.05, 3.63) is 88.4 Å². The monoisotopic (exact) mass is 468 g/mol. The Bertz CT molecular complexity index is 1210. The van der Waals surface area contributed by atoms with Crippen LogP contribution in [0.5, 0.6) is 0 Å². The molecule has 0 aliphatic carbocycles. The van der Waals surface area contributed by atoms with Gasteiger partial charge in [0, 0.05) is 24.2 Å². The van der Waals surface area contributed by atoms with Gasteiger partial charge in [0.1, 0.15) is 0 Å². The first-order valence-corrected chi connectivity index (χ1v) is 11.5. The average molecular weight is 469 g/mol. The summed E-state index contributed by atoms with van der Waals surface area (Å²) in [6.45, 7) is 0.955. The van der Waals surface area contributed by atoms with Crippen LogP contribution in [0.1, 0.15) is 26.3 Å². The number of benzene rings is 3.